The molecule has 2 aromatic rings. The van der Waals surface area contributed by atoms with E-state index in [-0.39, 0.29) is 18.5 Å². The van der Waals surface area contributed by atoms with Gasteiger partial charge in [0.25, 0.3) is 0 Å². The van der Waals surface area contributed by atoms with Crippen LogP contribution in [0.15, 0.2) is 46.9 Å². The van der Waals surface area contributed by atoms with Crippen LogP contribution in [0.3, 0.4) is 0 Å². The van der Waals surface area contributed by atoms with E-state index in [0.29, 0.717) is 27.7 Å². The summed E-state index contributed by atoms with van der Waals surface area (Å²) >= 11 is 15.5. The Bertz CT molecular complexity index is 1150. The zero-order valence-corrected chi connectivity index (χ0v) is 24.0. The fraction of sp³-hybridized carbons (Fsp3) is 0.417. The maximum absolute atomic E-state index is 13.6. The van der Waals surface area contributed by atoms with Crippen LogP contribution in [-0.4, -0.2) is 50.0 Å². The standard InChI is InChI=1S/C24H30BrCl2N3O4S/c1-5-16(3)28-24(32)22(6-2)29(14-17-7-12-20(26)21(27)13-17)23(31)15-30(35(4,33)34)19-10-8-18(25)9-11-19/h7-13,16,22H,5-6,14-15H2,1-4H3,(H,28,32)/t16-,22+/m0/s1. The Hall–Kier alpha value is -1.81. The maximum atomic E-state index is 13.6. The van der Waals surface area contributed by atoms with E-state index in [1.807, 2.05) is 13.8 Å². The van der Waals surface area contributed by atoms with Crippen LogP contribution in [-0.2, 0) is 26.2 Å². The number of halogens is 3. The number of anilines is 1. The number of benzene rings is 2. The minimum atomic E-state index is -3.79. The van der Waals surface area contributed by atoms with Gasteiger partial charge in [0.15, 0.2) is 0 Å². The predicted molar refractivity (Wildman–Crippen MR) is 145 cm³/mol. The van der Waals surface area contributed by atoms with Crippen LogP contribution in [0.1, 0.15) is 39.2 Å². The molecule has 0 saturated heterocycles. The number of hydrogen-bond donors (Lipinski definition) is 1. The van der Waals surface area contributed by atoms with Crippen molar-refractivity contribution in [2.24, 2.45) is 0 Å². The average molecular weight is 607 g/mol. The molecular formula is C24H30BrCl2N3O4S. The van der Waals surface area contributed by atoms with E-state index >= 15 is 0 Å². The van der Waals surface area contributed by atoms with Gasteiger partial charge in [-0.15, -0.1) is 0 Å². The van der Waals surface area contributed by atoms with Crippen LogP contribution in [0, 0.1) is 0 Å². The van der Waals surface area contributed by atoms with E-state index in [0.717, 1.165) is 21.5 Å². The second kappa shape index (κ2) is 12.9. The van der Waals surface area contributed by atoms with Crippen molar-refractivity contribution in [1.82, 2.24) is 10.2 Å². The van der Waals surface area contributed by atoms with E-state index in [1.165, 1.54) is 4.90 Å². The quantitative estimate of drug-likeness (QED) is 0.379. The molecule has 35 heavy (non-hydrogen) atoms. The number of nitrogens with zero attached hydrogens (tertiary/aromatic N) is 2. The molecule has 0 aromatic heterocycles. The number of carbonyl (C=O) groups excluding carboxylic acids is 2. The van der Waals surface area contributed by atoms with E-state index in [1.54, 1.807) is 49.4 Å². The molecule has 0 unspecified atom stereocenters. The van der Waals surface area contributed by atoms with Crippen LogP contribution < -0.4 is 9.62 Å². The Balaban J connectivity index is 2.45. The monoisotopic (exact) mass is 605 g/mol. The molecule has 0 bridgehead atoms. The summed E-state index contributed by atoms with van der Waals surface area (Å²) in [4.78, 5) is 28.1. The van der Waals surface area contributed by atoms with Crippen molar-refractivity contribution in [2.45, 2.75) is 52.2 Å². The molecule has 2 rings (SSSR count). The first-order chi connectivity index (χ1) is 16.4. The van der Waals surface area contributed by atoms with Gasteiger partial charge in [0, 0.05) is 17.1 Å². The molecule has 192 valence electrons. The highest BCUT2D eigenvalue weighted by Gasteiger charge is 2.32. The molecule has 2 amide bonds. The van der Waals surface area contributed by atoms with Gasteiger partial charge in [-0.05, 0) is 61.7 Å². The van der Waals surface area contributed by atoms with Crippen molar-refractivity contribution in [2.75, 3.05) is 17.1 Å². The lowest BCUT2D eigenvalue weighted by atomic mass is 10.1. The van der Waals surface area contributed by atoms with Gasteiger partial charge in [0.05, 0.1) is 22.0 Å². The topological polar surface area (TPSA) is 86.8 Å². The van der Waals surface area contributed by atoms with E-state index in [9.17, 15) is 18.0 Å². The molecule has 0 saturated carbocycles. The van der Waals surface area contributed by atoms with Gasteiger partial charge in [-0.25, -0.2) is 8.42 Å². The Kier molecular flexibility index (Phi) is 10.9. The number of amides is 2. The number of rotatable bonds is 11. The van der Waals surface area contributed by atoms with Crippen molar-refractivity contribution in [1.29, 1.82) is 0 Å². The van der Waals surface area contributed by atoms with Gasteiger partial charge < -0.3 is 10.2 Å². The van der Waals surface area contributed by atoms with Crippen molar-refractivity contribution in [3.8, 4) is 0 Å². The Morgan fingerprint density at radius 1 is 1.03 bits per heavy atom. The summed E-state index contributed by atoms with van der Waals surface area (Å²) in [5.74, 6) is -0.819. The number of carbonyl (C=O) groups is 2. The molecule has 0 fully saturated rings. The second-order valence-corrected chi connectivity index (χ2v) is 11.9. The zero-order chi connectivity index (χ0) is 26.3. The third kappa shape index (κ3) is 8.37. The summed E-state index contributed by atoms with van der Waals surface area (Å²) in [6.45, 7) is 5.23. The van der Waals surface area contributed by atoms with Gasteiger partial charge in [0.1, 0.15) is 12.6 Å². The van der Waals surface area contributed by atoms with E-state index in [4.69, 9.17) is 23.2 Å². The van der Waals surface area contributed by atoms with Crippen molar-refractivity contribution < 1.29 is 18.0 Å². The molecule has 0 radical (unpaired) electrons. The average Bonchev–Trinajstić information content (AvgIpc) is 2.79. The normalized spacial score (nSPS) is 13.1. The van der Waals surface area contributed by atoms with Gasteiger partial charge in [0.2, 0.25) is 21.8 Å². The highest BCUT2D eigenvalue weighted by atomic mass is 79.9. The Morgan fingerprint density at radius 3 is 2.17 bits per heavy atom. The molecule has 0 spiro atoms. The van der Waals surface area contributed by atoms with Gasteiger partial charge in [-0.1, -0.05) is 59.0 Å². The summed E-state index contributed by atoms with van der Waals surface area (Å²) < 4.78 is 27.0. The molecular weight excluding hydrogens is 577 g/mol. The first kappa shape index (κ1) is 29.4. The smallest absolute Gasteiger partial charge is 0.244 e. The fourth-order valence-corrected chi connectivity index (χ4v) is 4.85. The third-order valence-electron chi connectivity index (χ3n) is 5.52. The van der Waals surface area contributed by atoms with Crippen LogP contribution >= 0.6 is 39.1 Å². The highest BCUT2D eigenvalue weighted by molar-refractivity contribution is 9.10. The van der Waals surface area contributed by atoms with Crippen LogP contribution in [0.4, 0.5) is 5.69 Å². The Morgan fingerprint density at radius 2 is 1.66 bits per heavy atom. The largest absolute Gasteiger partial charge is 0.352 e. The summed E-state index contributed by atoms with van der Waals surface area (Å²) in [5, 5.41) is 3.62. The lowest BCUT2D eigenvalue weighted by Crippen LogP contribution is -2.53. The molecule has 0 heterocycles. The third-order valence-corrected chi connectivity index (χ3v) is 7.93. The number of sulfonamides is 1. The summed E-state index contributed by atoms with van der Waals surface area (Å²) in [6.07, 6.45) is 2.11. The molecule has 0 aliphatic carbocycles. The highest BCUT2D eigenvalue weighted by Crippen LogP contribution is 2.25. The Labute approximate surface area is 225 Å². The summed E-state index contributed by atoms with van der Waals surface area (Å²) in [5.41, 5.74) is 1.01. The molecule has 2 atom stereocenters. The number of nitrogens with one attached hydrogen (secondary N) is 1. The van der Waals surface area contributed by atoms with Crippen LogP contribution in [0.2, 0.25) is 10.0 Å². The fourth-order valence-electron chi connectivity index (χ4n) is 3.42. The molecule has 7 nitrogen and oxygen atoms in total. The maximum Gasteiger partial charge on any atom is 0.244 e. The molecule has 11 heteroatoms. The summed E-state index contributed by atoms with van der Waals surface area (Å²) in [6, 6.07) is 10.7. The van der Waals surface area contributed by atoms with E-state index in [2.05, 4.69) is 21.2 Å². The molecule has 0 aliphatic rings. The van der Waals surface area contributed by atoms with Gasteiger partial charge in [-0.3, -0.25) is 13.9 Å². The molecule has 0 aliphatic heterocycles. The first-order valence-corrected chi connectivity index (χ1v) is 14.5. The van der Waals surface area contributed by atoms with Crippen LogP contribution in [0.5, 0.6) is 0 Å². The number of hydrogen-bond acceptors (Lipinski definition) is 4. The van der Waals surface area contributed by atoms with Crippen molar-refractivity contribution >= 4 is 66.7 Å². The minimum Gasteiger partial charge on any atom is -0.352 e. The lowest BCUT2D eigenvalue weighted by Gasteiger charge is -2.33. The first-order valence-electron chi connectivity index (χ1n) is 11.1. The lowest BCUT2D eigenvalue weighted by molar-refractivity contribution is -0.140. The SMILES string of the molecule is CC[C@H](C(=O)N[C@@H](C)CC)N(Cc1ccc(Cl)c(Cl)c1)C(=O)CN(c1ccc(Br)cc1)S(C)(=O)=O. The molecule has 2 aromatic carbocycles. The second-order valence-electron chi connectivity index (χ2n) is 8.26. The predicted octanol–water partition coefficient (Wildman–Crippen LogP) is 5.24. The van der Waals surface area contributed by atoms with Crippen molar-refractivity contribution in [3.05, 3.63) is 62.5 Å². The molecule has 1 N–H and O–H groups in total. The van der Waals surface area contributed by atoms with Crippen molar-refractivity contribution in [3.63, 3.8) is 0 Å². The van der Waals surface area contributed by atoms with E-state index < -0.39 is 28.5 Å². The summed E-state index contributed by atoms with van der Waals surface area (Å²) in [7, 11) is -3.79. The zero-order valence-electron chi connectivity index (χ0n) is 20.1. The van der Waals surface area contributed by atoms with Gasteiger partial charge in [-0.2, -0.15) is 0 Å². The van der Waals surface area contributed by atoms with Crippen LogP contribution in [0.25, 0.3) is 0 Å². The minimum absolute atomic E-state index is 0.0556. The van der Waals surface area contributed by atoms with Gasteiger partial charge >= 0.3 is 0 Å².